The van der Waals surface area contributed by atoms with Crippen LogP contribution in [-0.2, 0) is 6.54 Å². The van der Waals surface area contributed by atoms with Gasteiger partial charge in [0.25, 0.3) is 0 Å². The Balaban J connectivity index is 0.00000264. The van der Waals surface area contributed by atoms with Gasteiger partial charge in [0.05, 0.1) is 18.2 Å². The van der Waals surface area contributed by atoms with E-state index in [4.69, 9.17) is 5.26 Å². The first kappa shape index (κ1) is 20.0. The maximum atomic E-state index is 13.8. The van der Waals surface area contributed by atoms with Gasteiger partial charge in [0.1, 0.15) is 5.82 Å². The zero-order valence-corrected chi connectivity index (χ0v) is 16.3. The normalized spacial score (nSPS) is 17.3. The monoisotopic (exact) mass is 448 g/mol. The van der Waals surface area contributed by atoms with Crippen molar-refractivity contribution in [2.45, 2.75) is 31.6 Å². The number of hydrogen-bond donors (Lipinski definition) is 2. The largest absolute Gasteiger partial charge is 0.357 e. The fourth-order valence-corrected chi connectivity index (χ4v) is 3.47. The molecule has 1 fully saturated rings. The first-order valence-electron chi connectivity index (χ1n) is 7.55. The second kappa shape index (κ2) is 10.7. The molecule has 1 unspecified atom stereocenters. The highest BCUT2D eigenvalue weighted by Gasteiger charge is 2.15. The van der Waals surface area contributed by atoms with Gasteiger partial charge in [-0.1, -0.05) is 6.07 Å². The van der Waals surface area contributed by atoms with E-state index < -0.39 is 0 Å². The first-order chi connectivity index (χ1) is 10.7. The van der Waals surface area contributed by atoms with Crippen molar-refractivity contribution >= 4 is 41.7 Å². The van der Waals surface area contributed by atoms with Crippen LogP contribution in [0.2, 0.25) is 0 Å². The van der Waals surface area contributed by atoms with E-state index >= 15 is 0 Å². The molecule has 2 rings (SSSR count). The van der Waals surface area contributed by atoms with Gasteiger partial charge in [-0.05, 0) is 37.7 Å². The van der Waals surface area contributed by atoms with E-state index in [1.807, 2.05) is 24.8 Å². The van der Waals surface area contributed by atoms with Crippen molar-refractivity contribution in [3.05, 3.63) is 35.1 Å². The molecule has 2 N–H and O–H groups in total. The van der Waals surface area contributed by atoms with Crippen LogP contribution in [0.1, 0.15) is 30.9 Å². The zero-order chi connectivity index (χ0) is 15.8. The Morgan fingerprint density at radius 3 is 2.91 bits per heavy atom. The lowest BCUT2D eigenvalue weighted by Crippen LogP contribution is -2.40. The van der Waals surface area contributed by atoms with E-state index in [-0.39, 0.29) is 36.3 Å². The van der Waals surface area contributed by atoms with E-state index in [0.29, 0.717) is 22.3 Å². The fourth-order valence-electron chi connectivity index (χ4n) is 2.27. The second-order valence-corrected chi connectivity index (χ2v) is 6.54. The number of nitrogens with one attached hydrogen (secondary N) is 2. The van der Waals surface area contributed by atoms with Gasteiger partial charge in [-0.3, -0.25) is 0 Å². The Labute approximate surface area is 158 Å². The average molecular weight is 448 g/mol. The standard InChI is InChI=1S/C16H21FN4S.HI/c1-2-19-16(21-11-14-4-3-7-22-14)20-10-13-6-5-12(9-18)8-15(13)17;/h5-6,8,14H,2-4,7,10-11H2,1H3,(H2,19,20,21);1H. The maximum Gasteiger partial charge on any atom is 0.191 e. The number of nitrogens with zero attached hydrogens (tertiary/aromatic N) is 2. The van der Waals surface area contributed by atoms with E-state index in [2.05, 4.69) is 15.6 Å². The molecule has 1 saturated heterocycles. The topological polar surface area (TPSA) is 60.2 Å². The minimum Gasteiger partial charge on any atom is -0.357 e. The molecule has 4 nitrogen and oxygen atoms in total. The summed E-state index contributed by atoms with van der Waals surface area (Å²) in [6, 6.07) is 6.41. The van der Waals surface area contributed by atoms with Crippen molar-refractivity contribution < 1.29 is 4.39 Å². The summed E-state index contributed by atoms with van der Waals surface area (Å²) in [6.45, 7) is 3.90. The van der Waals surface area contributed by atoms with Crippen LogP contribution in [0.3, 0.4) is 0 Å². The summed E-state index contributed by atoms with van der Waals surface area (Å²) in [5.41, 5.74) is 0.819. The predicted molar refractivity (Wildman–Crippen MR) is 105 cm³/mol. The summed E-state index contributed by atoms with van der Waals surface area (Å²) >= 11 is 1.99. The van der Waals surface area contributed by atoms with Crippen LogP contribution in [0.15, 0.2) is 23.2 Å². The lowest BCUT2D eigenvalue weighted by molar-refractivity contribution is 0.609. The quantitative estimate of drug-likeness (QED) is 0.413. The smallest absolute Gasteiger partial charge is 0.191 e. The molecule has 0 amide bonds. The molecule has 23 heavy (non-hydrogen) atoms. The number of thioether (sulfide) groups is 1. The molecule has 7 heteroatoms. The Bertz CT molecular complexity index is 568. The molecule has 0 aromatic heterocycles. The summed E-state index contributed by atoms with van der Waals surface area (Å²) in [5.74, 6) is 1.56. The molecular weight excluding hydrogens is 426 g/mol. The Morgan fingerprint density at radius 2 is 2.30 bits per heavy atom. The maximum absolute atomic E-state index is 13.8. The molecular formula is C16H22FIN4S. The summed E-state index contributed by atoms with van der Waals surface area (Å²) in [6.07, 6.45) is 2.52. The van der Waals surface area contributed by atoms with Crippen LogP contribution in [0.5, 0.6) is 0 Å². The van der Waals surface area contributed by atoms with Crippen molar-refractivity contribution in [3.63, 3.8) is 0 Å². The average Bonchev–Trinajstić information content (AvgIpc) is 3.04. The summed E-state index contributed by atoms with van der Waals surface area (Å²) < 4.78 is 13.8. The van der Waals surface area contributed by atoms with Gasteiger partial charge in [0.15, 0.2) is 5.96 Å². The van der Waals surface area contributed by atoms with Crippen LogP contribution in [-0.4, -0.2) is 30.1 Å². The lowest BCUT2D eigenvalue weighted by Gasteiger charge is -2.14. The fraction of sp³-hybridized carbons (Fsp3) is 0.500. The third-order valence-electron chi connectivity index (χ3n) is 3.46. The molecule has 1 aromatic rings. The molecule has 1 aliphatic rings. The van der Waals surface area contributed by atoms with E-state index in [0.717, 1.165) is 13.1 Å². The molecule has 0 saturated carbocycles. The molecule has 0 aliphatic carbocycles. The summed E-state index contributed by atoms with van der Waals surface area (Å²) in [4.78, 5) is 4.42. The zero-order valence-electron chi connectivity index (χ0n) is 13.1. The number of benzene rings is 1. The van der Waals surface area contributed by atoms with Gasteiger partial charge < -0.3 is 10.6 Å². The lowest BCUT2D eigenvalue weighted by atomic mass is 10.1. The number of nitriles is 1. The van der Waals surface area contributed by atoms with Crippen LogP contribution in [0.4, 0.5) is 4.39 Å². The van der Waals surface area contributed by atoms with Gasteiger partial charge in [-0.2, -0.15) is 17.0 Å². The van der Waals surface area contributed by atoms with Crippen molar-refractivity contribution in [2.24, 2.45) is 4.99 Å². The van der Waals surface area contributed by atoms with E-state index in [1.165, 1.54) is 24.7 Å². The highest BCUT2D eigenvalue weighted by molar-refractivity contribution is 14.0. The molecule has 126 valence electrons. The molecule has 1 atom stereocenters. The Hall–Kier alpha value is -1.01. The minimum atomic E-state index is -0.384. The van der Waals surface area contributed by atoms with Crippen LogP contribution >= 0.6 is 35.7 Å². The van der Waals surface area contributed by atoms with Gasteiger partial charge in [0.2, 0.25) is 0 Å². The van der Waals surface area contributed by atoms with Crippen molar-refractivity contribution in [1.82, 2.24) is 10.6 Å². The number of aliphatic imine (C=N–C) groups is 1. The molecule has 1 heterocycles. The Morgan fingerprint density at radius 1 is 1.48 bits per heavy atom. The van der Waals surface area contributed by atoms with E-state index in [1.54, 1.807) is 12.1 Å². The SMILES string of the molecule is CCNC(=NCc1ccc(C#N)cc1F)NCC1CCCS1.I. The number of halogens is 2. The molecule has 0 radical (unpaired) electrons. The van der Waals surface area contributed by atoms with Gasteiger partial charge in [0, 0.05) is 23.9 Å². The highest BCUT2D eigenvalue weighted by atomic mass is 127. The van der Waals surface area contributed by atoms with Gasteiger partial charge in [-0.15, -0.1) is 24.0 Å². The molecule has 0 spiro atoms. The molecule has 1 aliphatic heterocycles. The molecule has 0 bridgehead atoms. The van der Waals surface area contributed by atoms with Crippen molar-refractivity contribution in [1.29, 1.82) is 5.26 Å². The van der Waals surface area contributed by atoms with Gasteiger partial charge in [-0.25, -0.2) is 9.38 Å². The number of hydrogen-bond acceptors (Lipinski definition) is 3. The second-order valence-electron chi connectivity index (χ2n) is 5.13. The van der Waals surface area contributed by atoms with Crippen LogP contribution < -0.4 is 10.6 Å². The first-order valence-corrected chi connectivity index (χ1v) is 8.60. The van der Waals surface area contributed by atoms with Crippen LogP contribution in [0.25, 0.3) is 0 Å². The van der Waals surface area contributed by atoms with Crippen molar-refractivity contribution in [2.75, 3.05) is 18.8 Å². The highest BCUT2D eigenvalue weighted by Crippen LogP contribution is 2.25. The van der Waals surface area contributed by atoms with Gasteiger partial charge >= 0.3 is 0 Å². The Kier molecular flexibility index (Phi) is 9.33. The summed E-state index contributed by atoms with van der Waals surface area (Å²) in [7, 11) is 0. The molecule has 1 aromatic carbocycles. The third-order valence-corrected chi connectivity index (χ3v) is 4.85. The van der Waals surface area contributed by atoms with E-state index in [9.17, 15) is 4.39 Å². The number of rotatable bonds is 5. The summed E-state index contributed by atoms with van der Waals surface area (Å²) in [5, 5.41) is 15.9. The van der Waals surface area contributed by atoms with Crippen molar-refractivity contribution in [3.8, 4) is 6.07 Å². The van der Waals surface area contributed by atoms with Crippen LogP contribution in [0, 0.1) is 17.1 Å². The predicted octanol–water partition coefficient (Wildman–Crippen LogP) is 3.27. The minimum absolute atomic E-state index is 0. The number of guanidine groups is 1. The third kappa shape index (κ3) is 6.55.